The van der Waals surface area contributed by atoms with Crippen LogP contribution in [-0.4, -0.2) is 76.5 Å². The van der Waals surface area contributed by atoms with Crippen molar-refractivity contribution in [3.05, 3.63) is 49.6 Å². The molecule has 31 heavy (non-hydrogen) atoms. The fourth-order valence-electron chi connectivity index (χ4n) is 1.94. The summed E-state index contributed by atoms with van der Waals surface area (Å²) >= 11 is 0. The van der Waals surface area contributed by atoms with Crippen LogP contribution in [0.25, 0.3) is 0 Å². The molecule has 0 aromatic carbocycles. The monoisotopic (exact) mass is 440 g/mol. The van der Waals surface area contributed by atoms with Crippen LogP contribution in [0.4, 0.5) is 0 Å². The first-order chi connectivity index (χ1) is 14.7. The molecule has 0 fully saturated rings. The number of ether oxygens (including phenoxy) is 6. The van der Waals surface area contributed by atoms with Crippen LogP contribution in [0.1, 0.15) is 20.8 Å². The van der Waals surface area contributed by atoms with Crippen LogP contribution in [0.15, 0.2) is 49.6 Å². The predicted molar refractivity (Wildman–Crippen MR) is 118 cm³/mol. The topological polar surface area (TPSA) is 89.5 Å². The minimum atomic E-state index is -0.532. The van der Waals surface area contributed by atoms with Gasteiger partial charge in [-0.25, -0.2) is 9.59 Å². The second kappa shape index (κ2) is 17.4. The molecule has 0 saturated heterocycles. The summed E-state index contributed by atoms with van der Waals surface area (Å²) in [7, 11) is 0. The summed E-state index contributed by atoms with van der Waals surface area (Å²) in [4.78, 5) is 23.7. The van der Waals surface area contributed by atoms with Gasteiger partial charge in [0.25, 0.3) is 0 Å². The molecular formula is C23H36O8. The zero-order valence-electron chi connectivity index (χ0n) is 18.9. The molecule has 3 unspecified atom stereocenters. The normalized spacial score (nSPS) is 13.5. The van der Waals surface area contributed by atoms with E-state index in [-0.39, 0.29) is 56.4 Å². The summed E-state index contributed by atoms with van der Waals surface area (Å²) in [6.07, 6.45) is 2.13. The van der Waals surface area contributed by atoms with E-state index in [4.69, 9.17) is 28.4 Å². The van der Waals surface area contributed by atoms with Crippen LogP contribution >= 0.6 is 0 Å². The molecule has 0 aromatic heterocycles. The lowest BCUT2D eigenvalue weighted by Crippen LogP contribution is -2.28. The van der Waals surface area contributed by atoms with Gasteiger partial charge in [0.2, 0.25) is 0 Å². The molecule has 0 rings (SSSR count). The molecule has 0 radical (unpaired) electrons. The van der Waals surface area contributed by atoms with Crippen LogP contribution in [0.5, 0.6) is 0 Å². The van der Waals surface area contributed by atoms with Crippen molar-refractivity contribution in [1.29, 1.82) is 0 Å². The number of hydrogen-bond donors (Lipinski definition) is 0. The first-order valence-corrected chi connectivity index (χ1v) is 10.0. The summed E-state index contributed by atoms with van der Waals surface area (Å²) in [6.45, 7) is 21.0. The predicted octanol–water partition coefficient (Wildman–Crippen LogP) is 2.79. The average Bonchev–Trinajstić information content (AvgIpc) is 2.74. The third-order valence-corrected chi connectivity index (χ3v) is 3.59. The molecule has 0 amide bonds. The Bertz CT molecular complexity index is 598. The largest absolute Gasteiger partial charge is 0.460 e. The zero-order valence-corrected chi connectivity index (χ0v) is 18.9. The van der Waals surface area contributed by atoms with Crippen LogP contribution in [0.2, 0.25) is 0 Å². The molecule has 176 valence electrons. The highest BCUT2D eigenvalue weighted by Gasteiger charge is 2.16. The Morgan fingerprint density at radius 1 is 0.742 bits per heavy atom. The van der Waals surface area contributed by atoms with Gasteiger partial charge in [-0.3, -0.25) is 0 Å². The lowest BCUT2D eigenvalue weighted by atomic mass is 10.3. The van der Waals surface area contributed by atoms with E-state index < -0.39 is 18.0 Å². The molecular weight excluding hydrogens is 404 g/mol. The van der Waals surface area contributed by atoms with Gasteiger partial charge in [-0.2, -0.15) is 0 Å². The molecule has 0 spiro atoms. The van der Waals surface area contributed by atoms with Crippen LogP contribution in [-0.2, 0) is 38.0 Å². The number of rotatable bonds is 19. The lowest BCUT2D eigenvalue weighted by molar-refractivity contribution is -0.150. The smallest absolute Gasteiger partial charge is 0.336 e. The van der Waals surface area contributed by atoms with Gasteiger partial charge >= 0.3 is 11.9 Å². The van der Waals surface area contributed by atoms with E-state index >= 15 is 0 Å². The Labute approximate surface area is 185 Å². The van der Waals surface area contributed by atoms with Crippen molar-refractivity contribution in [3.63, 3.8) is 0 Å². The fraction of sp³-hybridized carbons (Fsp3) is 0.565. The molecule has 0 bridgehead atoms. The lowest BCUT2D eigenvalue weighted by Gasteiger charge is -2.20. The van der Waals surface area contributed by atoms with Gasteiger partial charge in [0, 0.05) is 0 Å². The first kappa shape index (κ1) is 28.7. The Morgan fingerprint density at radius 3 is 1.71 bits per heavy atom. The Kier molecular flexibility index (Phi) is 16.2. The minimum absolute atomic E-state index is 0.0794. The number of esters is 2. The Hall–Kier alpha value is -2.26. The van der Waals surface area contributed by atoms with Crippen molar-refractivity contribution in [2.24, 2.45) is 0 Å². The van der Waals surface area contributed by atoms with Crippen molar-refractivity contribution >= 4 is 11.9 Å². The van der Waals surface area contributed by atoms with Crippen LogP contribution < -0.4 is 0 Å². The molecule has 0 aromatic rings. The van der Waals surface area contributed by atoms with Gasteiger partial charge in [0.15, 0.2) is 0 Å². The second-order valence-corrected chi connectivity index (χ2v) is 6.92. The molecule has 8 heteroatoms. The number of hydrogen-bond acceptors (Lipinski definition) is 8. The van der Waals surface area contributed by atoms with Crippen molar-refractivity contribution in [3.8, 4) is 0 Å². The Balaban J connectivity index is 3.99. The van der Waals surface area contributed by atoms with E-state index in [1.807, 2.05) is 6.92 Å². The third kappa shape index (κ3) is 15.2. The van der Waals surface area contributed by atoms with E-state index in [0.29, 0.717) is 13.2 Å². The molecule has 0 saturated carbocycles. The van der Waals surface area contributed by atoms with E-state index in [0.717, 1.165) is 0 Å². The molecule has 0 aliphatic carbocycles. The summed E-state index contributed by atoms with van der Waals surface area (Å²) in [5.74, 6) is -1.06. The molecule has 0 N–H and O–H groups in total. The zero-order chi connectivity index (χ0) is 23.6. The van der Waals surface area contributed by atoms with Gasteiger partial charge in [-0.05, 0) is 20.8 Å². The van der Waals surface area contributed by atoms with Gasteiger partial charge in [-0.15, -0.1) is 13.2 Å². The minimum Gasteiger partial charge on any atom is -0.460 e. The van der Waals surface area contributed by atoms with E-state index in [1.165, 1.54) is 0 Å². The average molecular weight is 441 g/mol. The quantitative estimate of drug-likeness (QED) is 0.131. The highest BCUT2D eigenvalue weighted by atomic mass is 16.6. The molecule has 0 heterocycles. The van der Waals surface area contributed by atoms with Crippen LogP contribution in [0, 0.1) is 0 Å². The maximum atomic E-state index is 11.9. The van der Waals surface area contributed by atoms with Crippen molar-refractivity contribution < 1.29 is 38.0 Å². The number of carbonyl (C=O) groups excluding carboxylic acids is 2. The maximum Gasteiger partial charge on any atom is 0.336 e. The van der Waals surface area contributed by atoms with Crippen LogP contribution in [0.3, 0.4) is 0 Å². The highest BCUT2D eigenvalue weighted by molar-refractivity contribution is 5.88. The van der Waals surface area contributed by atoms with Gasteiger partial charge in [-0.1, -0.05) is 25.3 Å². The summed E-state index contributed by atoms with van der Waals surface area (Å²) in [6, 6.07) is 0. The summed E-state index contributed by atoms with van der Waals surface area (Å²) in [5.41, 5.74) is 0.452. The van der Waals surface area contributed by atoms with E-state index in [2.05, 4.69) is 26.3 Å². The highest BCUT2D eigenvalue weighted by Crippen LogP contribution is 2.05. The van der Waals surface area contributed by atoms with E-state index in [9.17, 15) is 9.59 Å². The second-order valence-electron chi connectivity index (χ2n) is 6.92. The molecule has 8 nitrogen and oxygen atoms in total. The van der Waals surface area contributed by atoms with Gasteiger partial charge in [0.1, 0.15) is 12.7 Å². The molecule has 3 atom stereocenters. The summed E-state index contributed by atoms with van der Waals surface area (Å²) in [5, 5.41) is 0. The number of carbonyl (C=O) groups is 2. The SMILES string of the molecule is C=CCOCC(=C)C(=O)OCC(C)OCC(C)OCC(C)OC(=O)C(=C)COCC=C. The van der Waals surface area contributed by atoms with E-state index in [1.54, 1.807) is 26.0 Å². The Morgan fingerprint density at radius 2 is 1.19 bits per heavy atom. The van der Waals surface area contributed by atoms with Gasteiger partial charge in [0.05, 0.1) is 63.0 Å². The first-order valence-electron chi connectivity index (χ1n) is 10.0. The molecule has 0 aliphatic heterocycles. The third-order valence-electron chi connectivity index (χ3n) is 3.59. The van der Waals surface area contributed by atoms with Gasteiger partial charge < -0.3 is 28.4 Å². The summed E-state index contributed by atoms with van der Waals surface area (Å²) < 4.78 is 31.9. The standard InChI is InChI=1S/C23H36O8/c1-8-10-26-12-17(3)22(24)30-15-20(6)28-14-19(5)29-16-21(7)31-23(25)18(4)13-27-11-9-2/h8-9,19-21H,1-4,10-16H2,5-7H3. The van der Waals surface area contributed by atoms with Crippen molar-refractivity contribution in [2.45, 2.75) is 39.1 Å². The maximum absolute atomic E-state index is 11.9. The fourth-order valence-corrected chi connectivity index (χ4v) is 1.94. The molecule has 0 aliphatic rings. The van der Waals surface area contributed by atoms with Crippen molar-refractivity contribution in [2.75, 3.05) is 46.2 Å². The van der Waals surface area contributed by atoms with Crippen molar-refractivity contribution in [1.82, 2.24) is 0 Å².